The summed E-state index contributed by atoms with van der Waals surface area (Å²) in [6.45, 7) is 1.94. The van der Waals surface area contributed by atoms with Crippen LogP contribution in [0, 0.1) is 0 Å². The molecule has 2 atom stereocenters. The van der Waals surface area contributed by atoms with Gasteiger partial charge < -0.3 is 16.3 Å². The molecule has 0 spiro atoms. The van der Waals surface area contributed by atoms with Crippen molar-refractivity contribution in [2.45, 2.75) is 25.4 Å². The molecule has 1 aromatic rings. The van der Waals surface area contributed by atoms with E-state index >= 15 is 0 Å². The van der Waals surface area contributed by atoms with Gasteiger partial charge in [-0.15, -0.1) is 0 Å². The third-order valence-corrected chi connectivity index (χ3v) is 2.15. The summed E-state index contributed by atoms with van der Waals surface area (Å²) in [5.74, 6) is 0. The summed E-state index contributed by atoms with van der Waals surface area (Å²) in [5.41, 5.74) is 13.4. The first-order chi connectivity index (χ1) is 6.63. The normalized spacial score (nSPS) is 14.8. The SMILES string of the molecule is CC(N)c1ccc(C[C@H](N)C=O)cc1. The van der Waals surface area contributed by atoms with Gasteiger partial charge in [0.15, 0.2) is 0 Å². The predicted molar refractivity (Wildman–Crippen MR) is 56.8 cm³/mol. The van der Waals surface area contributed by atoms with Crippen LogP contribution in [-0.2, 0) is 11.2 Å². The lowest BCUT2D eigenvalue weighted by Gasteiger charge is -2.07. The van der Waals surface area contributed by atoms with E-state index in [1.54, 1.807) is 0 Å². The van der Waals surface area contributed by atoms with Gasteiger partial charge >= 0.3 is 0 Å². The van der Waals surface area contributed by atoms with E-state index in [1.807, 2.05) is 31.2 Å². The van der Waals surface area contributed by atoms with Gasteiger partial charge in [0, 0.05) is 6.04 Å². The van der Waals surface area contributed by atoms with E-state index in [2.05, 4.69) is 0 Å². The minimum atomic E-state index is -0.406. The zero-order chi connectivity index (χ0) is 10.6. The predicted octanol–water partition coefficient (Wildman–Crippen LogP) is 0.775. The zero-order valence-corrected chi connectivity index (χ0v) is 8.31. The number of hydrogen-bond donors (Lipinski definition) is 2. The fraction of sp³-hybridized carbons (Fsp3) is 0.364. The van der Waals surface area contributed by atoms with Crippen LogP contribution in [0.2, 0.25) is 0 Å². The quantitative estimate of drug-likeness (QED) is 0.692. The van der Waals surface area contributed by atoms with Crippen LogP contribution in [0.15, 0.2) is 24.3 Å². The molecule has 0 saturated carbocycles. The molecule has 0 aromatic heterocycles. The summed E-state index contributed by atoms with van der Waals surface area (Å²) < 4.78 is 0. The lowest BCUT2D eigenvalue weighted by atomic mass is 10.0. The Bertz CT molecular complexity index is 293. The number of carbonyl (C=O) groups is 1. The molecule has 0 amide bonds. The molecule has 0 fully saturated rings. The second kappa shape index (κ2) is 4.88. The number of carbonyl (C=O) groups excluding carboxylic acids is 1. The molecule has 1 aromatic carbocycles. The Morgan fingerprint density at radius 2 is 1.86 bits per heavy atom. The number of aldehydes is 1. The van der Waals surface area contributed by atoms with Crippen LogP contribution in [0.25, 0.3) is 0 Å². The van der Waals surface area contributed by atoms with Gasteiger partial charge in [-0.1, -0.05) is 24.3 Å². The highest BCUT2D eigenvalue weighted by atomic mass is 16.1. The van der Waals surface area contributed by atoms with E-state index in [0.29, 0.717) is 6.42 Å². The van der Waals surface area contributed by atoms with Gasteiger partial charge in [-0.05, 0) is 24.5 Å². The summed E-state index contributed by atoms with van der Waals surface area (Å²) in [5, 5.41) is 0. The van der Waals surface area contributed by atoms with Crippen molar-refractivity contribution in [3.63, 3.8) is 0 Å². The summed E-state index contributed by atoms with van der Waals surface area (Å²) in [4.78, 5) is 10.3. The Morgan fingerprint density at radius 1 is 1.29 bits per heavy atom. The topological polar surface area (TPSA) is 69.1 Å². The zero-order valence-electron chi connectivity index (χ0n) is 8.31. The van der Waals surface area contributed by atoms with E-state index in [1.165, 1.54) is 0 Å². The fourth-order valence-corrected chi connectivity index (χ4v) is 1.28. The van der Waals surface area contributed by atoms with Crippen LogP contribution >= 0.6 is 0 Å². The van der Waals surface area contributed by atoms with Gasteiger partial charge in [-0.25, -0.2) is 0 Å². The largest absolute Gasteiger partial charge is 0.324 e. The number of nitrogens with two attached hydrogens (primary N) is 2. The molecule has 0 aliphatic carbocycles. The van der Waals surface area contributed by atoms with E-state index < -0.39 is 6.04 Å². The van der Waals surface area contributed by atoms with Crippen molar-refractivity contribution in [1.29, 1.82) is 0 Å². The van der Waals surface area contributed by atoms with Gasteiger partial charge in [0.05, 0.1) is 6.04 Å². The molecule has 3 heteroatoms. The first kappa shape index (κ1) is 10.9. The Hall–Kier alpha value is -1.19. The minimum absolute atomic E-state index is 0.0452. The molecule has 14 heavy (non-hydrogen) atoms. The Labute approximate surface area is 84.1 Å². The van der Waals surface area contributed by atoms with Crippen molar-refractivity contribution in [2.24, 2.45) is 11.5 Å². The molecule has 0 heterocycles. The average Bonchev–Trinajstić information content (AvgIpc) is 2.18. The summed E-state index contributed by atoms with van der Waals surface area (Å²) in [6.07, 6.45) is 1.35. The van der Waals surface area contributed by atoms with E-state index in [0.717, 1.165) is 17.4 Å². The monoisotopic (exact) mass is 192 g/mol. The van der Waals surface area contributed by atoms with Crippen molar-refractivity contribution < 1.29 is 4.79 Å². The van der Waals surface area contributed by atoms with Gasteiger partial charge in [-0.3, -0.25) is 0 Å². The second-order valence-corrected chi connectivity index (χ2v) is 3.53. The van der Waals surface area contributed by atoms with Crippen LogP contribution in [0.1, 0.15) is 24.1 Å². The molecule has 1 unspecified atom stereocenters. The highest BCUT2D eigenvalue weighted by Crippen LogP contribution is 2.11. The lowest BCUT2D eigenvalue weighted by Crippen LogP contribution is -2.24. The van der Waals surface area contributed by atoms with Crippen molar-refractivity contribution in [1.82, 2.24) is 0 Å². The molecule has 0 bridgehead atoms. The maximum atomic E-state index is 10.3. The first-order valence-corrected chi connectivity index (χ1v) is 4.68. The van der Waals surface area contributed by atoms with E-state index in [4.69, 9.17) is 11.5 Å². The fourth-order valence-electron chi connectivity index (χ4n) is 1.28. The molecular weight excluding hydrogens is 176 g/mol. The summed E-state index contributed by atoms with van der Waals surface area (Å²) >= 11 is 0. The molecule has 3 nitrogen and oxygen atoms in total. The van der Waals surface area contributed by atoms with Gasteiger partial charge in [-0.2, -0.15) is 0 Å². The van der Waals surface area contributed by atoms with Crippen molar-refractivity contribution in [3.8, 4) is 0 Å². The van der Waals surface area contributed by atoms with E-state index in [-0.39, 0.29) is 6.04 Å². The van der Waals surface area contributed by atoms with Gasteiger partial charge in [0.25, 0.3) is 0 Å². The molecule has 1 rings (SSSR count). The number of rotatable bonds is 4. The van der Waals surface area contributed by atoms with Crippen molar-refractivity contribution in [3.05, 3.63) is 35.4 Å². The Balaban J connectivity index is 2.68. The Kier molecular flexibility index (Phi) is 3.80. The second-order valence-electron chi connectivity index (χ2n) is 3.53. The van der Waals surface area contributed by atoms with Crippen LogP contribution in [0.4, 0.5) is 0 Å². The molecule has 76 valence electrons. The summed E-state index contributed by atoms with van der Waals surface area (Å²) in [7, 11) is 0. The smallest absolute Gasteiger partial charge is 0.137 e. The van der Waals surface area contributed by atoms with Crippen LogP contribution in [-0.4, -0.2) is 12.3 Å². The molecule has 4 N–H and O–H groups in total. The molecule has 0 aliphatic heterocycles. The minimum Gasteiger partial charge on any atom is -0.324 e. The maximum Gasteiger partial charge on any atom is 0.137 e. The third-order valence-electron chi connectivity index (χ3n) is 2.15. The number of hydrogen-bond acceptors (Lipinski definition) is 3. The first-order valence-electron chi connectivity index (χ1n) is 4.68. The van der Waals surface area contributed by atoms with Crippen LogP contribution in [0.5, 0.6) is 0 Å². The third kappa shape index (κ3) is 2.94. The van der Waals surface area contributed by atoms with Crippen LogP contribution < -0.4 is 11.5 Å². The summed E-state index contributed by atoms with van der Waals surface area (Å²) in [6, 6.07) is 7.50. The van der Waals surface area contributed by atoms with Crippen molar-refractivity contribution >= 4 is 6.29 Å². The standard InChI is InChI=1S/C11H16N2O/c1-8(12)10-4-2-9(3-5-10)6-11(13)7-14/h2-5,7-8,11H,6,12-13H2,1H3/t8?,11-/m0/s1. The molecule has 0 radical (unpaired) electrons. The van der Waals surface area contributed by atoms with E-state index in [9.17, 15) is 4.79 Å². The lowest BCUT2D eigenvalue weighted by molar-refractivity contribution is -0.108. The average molecular weight is 192 g/mol. The highest BCUT2D eigenvalue weighted by molar-refractivity contribution is 5.57. The Morgan fingerprint density at radius 3 is 2.29 bits per heavy atom. The molecular formula is C11H16N2O. The molecule has 0 aliphatic rings. The maximum absolute atomic E-state index is 10.3. The highest BCUT2D eigenvalue weighted by Gasteiger charge is 2.03. The van der Waals surface area contributed by atoms with Gasteiger partial charge in [0.2, 0.25) is 0 Å². The molecule has 0 saturated heterocycles. The van der Waals surface area contributed by atoms with Gasteiger partial charge in [0.1, 0.15) is 6.29 Å². The van der Waals surface area contributed by atoms with Crippen molar-refractivity contribution in [2.75, 3.05) is 0 Å². The van der Waals surface area contributed by atoms with Crippen LogP contribution in [0.3, 0.4) is 0 Å². The number of benzene rings is 1.